The van der Waals surface area contributed by atoms with E-state index in [0.29, 0.717) is 5.78 Å². The average molecular weight is 289 g/mol. The number of unbranched alkanes of at least 4 members (excludes halogenated alkanes) is 3. The molecule has 1 rings (SSSR count). The summed E-state index contributed by atoms with van der Waals surface area (Å²) in [5, 5.41) is 0. The molecule has 0 aliphatic rings. The first-order valence-corrected chi connectivity index (χ1v) is 8.24. The lowest BCUT2D eigenvalue weighted by molar-refractivity contribution is -0.123. The minimum absolute atomic E-state index is 0.306. The Morgan fingerprint density at radius 2 is 1.71 bits per heavy atom. The van der Waals surface area contributed by atoms with Crippen molar-refractivity contribution < 1.29 is 4.79 Å². The number of nitrogens with zero attached hydrogens (tertiary/aromatic N) is 1. The van der Waals surface area contributed by atoms with Gasteiger partial charge in [0.25, 0.3) is 0 Å². The van der Waals surface area contributed by atoms with Crippen LogP contribution in [-0.4, -0.2) is 31.3 Å². The van der Waals surface area contributed by atoms with Gasteiger partial charge in [-0.05, 0) is 46.0 Å². The van der Waals surface area contributed by atoms with Gasteiger partial charge in [-0.25, -0.2) is 0 Å². The van der Waals surface area contributed by atoms with Gasteiger partial charge in [-0.3, -0.25) is 4.79 Å². The molecule has 0 amide bonds. The Morgan fingerprint density at radius 3 is 2.24 bits per heavy atom. The Bertz CT molecular complexity index is 413. The second-order valence-corrected chi connectivity index (χ2v) is 6.37. The van der Waals surface area contributed by atoms with Crippen molar-refractivity contribution >= 4 is 5.78 Å². The van der Waals surface area contributed by atoms with Crippen LogP contribution in [0.15, 0.2) is 30.3 Å². The van der Waals surface area contributed by atoms with E-state index in [1.54, 1.807) is 6.92 Å². The van der Waals surface area contributed by atoms with Gasteiger partial charge >= 0.3 is 0 Å². The van der Waals surface area contributed by atoms with Crippen molar-refractivity contribution in [1.82, 2.24) is 4.90 Å². The Morgan fingerprint density at radius 1 is 1.05 bits per heavy atom. The first kappa shape index (κ1) is 17.9. The van der Waals surface area contributed by atoms with Crippen molar-refractivity contribution in [1.29, 1.82) is 0 Å². The van der Waals surface area contributed by atoms with Gasteiger partial charge in [-0.15, -0.1) is 0 Å². The van der Waals surface area contributed by atoms with E-state index in [1.165, 1.54) is 24.8 Å². The third kappa shape index (κ3) is 5.28. The molecule has 1 aromatic rings. The highest BCUT2D eigenvalue weighted by Gasteiger charge is 2.36. The van der Waals surface area contributed by atoms with E-state index in [4.69, 9.17) is 0 Å². The summed E-state index contributed by atoms with van der Waals surface area (Å²) in [4.78, 5) is 14.7. The Balaban J connectivity index is 2.96. The number of rotatable bonds is 10. The molecule has 2 nitrogen and oxygen atoms in total. The number of ketones is 1. The molecule has 0 saturated carbocycles. The van der Waals surface area contributed by atoms with Crippen molar-refractivity contribution in [3.63, 3.8) is 0 Å². The van der Waals surface area contributed by atoms with Crippen molar-refractivity contribution in [3.8, 4) is 0 Å². The molecule has 0 aliphatic heterocycles. The monoisotopic (exact) mass is 289 g/mol. The van der Waals surface area contributed by atoms with Crippen molar-refractivity contribution in [2.24, 2.45) is 0 Å². The normalized spacial score (nSPS) is 14.1. The minimum atomic E-state index is -0.306. The lowest BCUT2D eigenvalue weighted by Gasteiger charge is -2.33. The molecule has 1 aromatic carbocycles. The molecule has 118 valence electrons. The molecule has 0 saturated heterocycles. The highest BCUT2D eigenvalue weighted by Crippen LogP contribution is 2.35. The van der Waals surface area contributed by atoms with Gasteiger partial charge in [0.05, 0.1) is 5.41 Å². The number of carbonyl (C=O) groups excluding carboxylic acids is 1. The zero-order valence-corrected chi connectivity index (χ0v) is 14.2. The summed E-state index contributed by atoms with van der Waals surface area (Å²) in [6, 6.07) is 10.4. The van der Waals surface area contributed by atoms with Gasteiger partial charge in [0.1, 0.15) is 5.78 Å². The SMILES string of the molecule is CCCCCC[C@](CCN(C)C)(C(C)=O)c1ccccc1. The highest BCUT2D eigenvalue weighted by molar-refractivity contribution is 5.88. The van der Waals surface area contributed by atoms with Gasteiger partial charge in [0, 0.05) is 0 Å². The summed E-state index contributed by atoms with van der Waals surface area (Å²) in [7, 11) is 4.15. The molecule has 0 spiro atoms. The summed E-state index contributed by atoms with van der Waals surface area (Å²) >= 11 is 0. The van der Waals surface area contributed by atoms with E-state index < -0.39 is 0 Å². The molecule has 0 aromatic heterocycles. The van der Waals surface area contributed by atoms with Crippen LogP contribution >= 0.6 is 0 Å². The standard InChI is InChI=1S/C19H31NO/c1-5-6-7-11-14-19(17(2)21,15-16-20(3)4)18-12-9-8-10-13-18/h8-10,12-13H,5-7,11,14-16H2,1-4H3/t19-/m0/s1. The number of benzene rings is 1. The largest absolute Gasteiger partial charge is 0.309 e. The van der Waals surface area contributed by atoms with Crippen LogP contribution in [0.4, 0.5) is 0 Å². The minimum Gasteiger partial charge on any atom is -0.309 e. The molecular formula is C19H31NO. The van der Waals surface area contributed by atoms with Crippen molar-refractivity contribution in [2.45, 2.75) is 57.8 Å². The average Bonchev–Trinajstić information content (AvgIpc) is 2.47. The molecule has 0 fully saturated rings. The Kier molecular flexibility index (Phi) is 7.66. The molecule has 0 aliphatic carbocycles. The van der Waals surface area contributed by atoms with Gasteiger partial charge in [0.2, 0.25) is 0 Å². The fourth-order valence-corrected chi connectivity index (χ4v) is 2.99. The molecule has 0 unspecified atom stereocenters. The third-order valence-electron chi connectivity index (χ3n) is 4.44. The van der Waals surface area contributed by atoms with Crippen LogP contribution in [0.3, 0.4) is 0 Å². The predicted octanol–water partition coefficient (Wildman–Crippen LogP) is 4.44. The van der Waals surface area contributed by atoms with Crippen LogP contribution in [0.2, 0.25) is 0 Å². The zero-order valence-electron chi connectivity index (χ0n) is 14.2. The Labute approximate surface area is 130 Å². The van der Waals surface area contributed by atoms with E-state index in [0.717, 1.165) is 25.8 Å². The predicted molar refractivity (Wildman–Crippen MR) is 90.7 cm³/mol. The topological polar surface area (TPSA) is 20.3 Å². The number of hydrogen-bond acceptors (Lipinski definition) is 2. The molecule has 0 heterocycles. The number of carbonyl (C=O) groups is 1. The van der Waals surface area contributed by atoms with Crippen LogP contribution in [-0.2, 0) is 10.2 Å². The van der Waals surface area contributed by atoms with E-state index in [1.807, 2.05) is 6.07 Å². The van der Waals surface area contributed by atoms with Gasteiger partial charge in [0.15, 0.2) is 0 Å². The van der Waals surface area contributed by atoms with E-state index in [-0.39, 0.29) is 5.41 Å². The number of Topliss-reactive ketones (excluding diaryl/α,β-unsaturated/α-hetero) is 1. The second-order valence-electron chi connectivity index (χ2n) is 6.37. The summed E-state index contributed by atoms with van der Waals surface area (Å²) in [5.74, 6) is 0.312. The summed E-state index contributed by atoms with van der Waals surface area (Å²) in [5.41, 5.74) is 0.884. The van der Waals surface area contributed by atoms with Crippen LogP contribution < -0.4 is 0 Å². The van der Waals surface area contributed by atoms with Gasteiger partial charge < -0.3 is 4.90 Å². The second kappa shape index (κ2) is 8.99. The summed E-state index contributed by atoms with van der Waals surface area (Å²) in [6.45, 7) is 4.94. The fourth-order valence-electron chi connectivity index (χ4n) is 2.99. The summed E-state index contributed by atoms with van der Waals surface area (Å²) < 4.78 is 0. The molecule has 0 radical (unpaired) electrons. The first-order chi connectivity index (χ1) is 10.0. The molecule has 0 bridgehead atoms. The van der Waals surface area contributed by atoms with Crippen LogP contribution in [0.5, 0.6) is 0 Å². The maximum atomic E-state index is 12.5. The quantitative estimate of drug-likeness (QED) is 0.594. The van der Waals surface area contributed by atoms with Gasteiger partial charge in [-0.2, -0.15) is 0 Å². The molecule has 21 heavy (non-hydrogen) atoms. The molecule has 1 atom stereocenters. The van der Waals surface area contributed by atoms with Crippen molar-refractivity contribution in [2.75, 3.05) is 20.6 Å². The van der Waals surface area contributed by atoms with Crippen molar-refractivity contribution in [3.05, 3.63) is 35.9 Å². The summed E-state index contributed by atoms with van der Waals surface area (Å²) in [6.07, 6.45) is 6.73. The lowest BCUT2D eigenvalue weighted by atomic mass is 9.71. The fraction of sp³-hybridized carbons (Fsp3) is 0.632. The van der Waals surface area contributed by atoms with Crippen LogP contribution in [0.25, 0.3) is 0 Å². The number of hydrogen-bond donors (Lipinski definition) is 0. The zero-order chi connectivity index (χ0) is 15.7. The Hall–Kier alpha value is -1.15. The van der Waals surface area contributed by atoms with Crippen LogP contribution in [0.1, 0.15) is 57.9 Å². The lowest BCUT2D eigenvalue weighted by Crippen LogP contribution is -2.37. The van der Waals surface area contributed by atoms with E-state index in [9.17, 15) is 4.79 Å². The molecular weight excluding hydrogens is 258 g/mol. The van der Waals surface area contributed by atoms with Crippen LogP contribution in [0, 0.1) is 0 Å². The maximum Gasteiger partial charge on any atom is 0.140 e. The smallest absolute Gasteiger partial charge is 0.140 e. The maximum absolute atomic E-state index is 12.5. The molecule has 0 N–H and O–H groups in total. The first-order valence-electron chi connectivity index (χ1n) is 8.24. The van der Waals surface area contributed by atoms with Gasteiger partial charge in [-0.1, -0.05) is 62.9 Å². The molecule has 2 heteroatoms. The van der Waals surface area contributed by atoms with E-state index >= 15 is 0 Å². The van der Waals surface area contributed by atoms with E-state index in [2.05, 4.69) is 50.2 Å². The third-order valence-corrected chi connectivity index (χ3v) is 4.44. The highest BCUT2D eigenvalue weighted by atomic mass is 16.1.